The summed E-state index contributed by atoms with van der Waals surface area (Å²) in [6.45, 7) is 2.66. The van der Waals surface area contributed by atoms with Gasteiger partial charge in [0.25, 0.3) is 0 Å². The summed E-state index contributed by atoms with van der Waals surface area (Å²) in [7, 11) is 0. The molecule has 0 aliphatic heterocycles. The third-order valence-corrected chi connectivity index (χ3v) is 2.48. The van der Waals surface area contributed by atoms with Gasteiger partial charge in [-0.3, -0.25) is 0 Å². The Balaban J connectivity index is 1.87. The van der Waals surface area contributed by atoms with E-state index in [9.17, 15) is 0 Å². The fourth-order valence-corrected chi connectivity index (χ4v) is 1.54. The first-order chi connectivity index (χ1) is 4.88. The summed E-state index contributed by atoms with van der Waals surface area (Å²) in [5, 5.41) is 8.73. The molecule has 1 nitrogen and oxygen atoms in total. The smallest absolute Gasteiger partial charge is 0.0462 e. The van der Waals surface area contributed by atoms with Crippen molar-refractivity contribution < 1.29 is 5.11 Å². The molecule has 0 heterocycles. The quantitative estimate of drug-likeness (QED) is 0.583. The number of aliphatic hydroxyl groups is 1. The van der Waals surface area contributed by atoms with E-state index in [1.54, 1.807) is 0 Å². The second kappa shape index (κ2) is 3.97. The molecule has 1 unspecified atom stereocenters. The van der Waals surface area contributed by atoms with Crippen LogP contribution < -0.4 is 0 Å². The molecule has 0 aromatic heterocycles. The summed E-state index contributed by atoms with van der Waals surface area (Å²) in [5.41, 5.74) is 0. The molecule has 0 saturated heterocycles. The maximum Gasteiger partial charge on any atom is 0.0462 e. The van der Waals surface area contributed by atoms with E-state index >= 15 is 0 Å². The Hall–Kier alpha value is -0.0400. The topological polar surface area (TPSA) is 20.2 Å². The van der Waals surface area contributed by atoms with Crippen LogP contribution in [-0.2, 0) is 0 Å². The number of unbranched alkanes of at least 4 members (excludes halogenated alkanes) is 2. The van der Waals surface area contributed by atoms with Gasteiger partial charge in [-0.25, -0.2) is 0 Å². The molecule has 0 amide bonds. The lowest BCUT2D eigenvalue weighted by molar-refractivity contribution is 0.267. The van der Waals surface area contributed by atoms with Crippen LogP contribution in [0.4, 0.5) is 0 Å². The molecule has 1 aliphatic carbocycles. The second-order valence-corrected chi connectivity index (χ2v) is 3.43. The molecule has 0 bridgehead atoms. The van der Waals surface area contributed by atoms with Gasteiger partial charge < -0.3 is 5.11 Å². The zero-order valence-electron chi connectivity index (χ0n) is 6.84. The lowest BCUT2D eigenvalue weighted by atomic mass is 10.1. The van der Waals surface area contributed by atoms with Crippen molar-refractivity contribution in [1.29, 1.82) is 0 Å². The average Bonchev–Trinajstić information content (AvgIpc) is 2.68. The second-order valence-electron chi connectivity index (χ2n) is 3.43. The SMILES string of the molecule is CCCCCC1C[C@@H]1CO. The molecule has 0 spiro atoms. The Labute approximate surface area is 63.4 Å². The minimum atomic E-state index is 0.427. The molecule has 1 saturated carbocycles. The van der Waals surface area contributed by atoms with Crippen LogP contribution in [0.1, 0.15) is 39.0 Å². The fourth-order valence-electron chi connectivity index (χ4n) is 1.54. The summed E-state index contributed by atoms with van der Waals surface area (Å²) in [6.07, 6.45) is 6.71. The Kier molecular flexibility index (Phi) is 3.20. The Morgan fingerprint density at radius 3 is 2.60 bits per heavy atom. The monoisotopic (exact) mass is 142 g/mol. The van der Waals surface area contributed by atoms with Crippen LogP contribution in [-0.4, -0.2) is 11.7 Å². The Morgan fingerprint density at radius 1 is 1.30 bits per heavy atom. The van der Waals surface area contributed by atoms with E-state index in [2.05, 4.69) is 6.92 Å². The third-order valence-electron chi connectivity index (χ3n) is 2.48. The van der Waals surface area contributed by atoms with Crippen LogP contribution in [0, 0.1) is 11.8 Å². The van der Waals surface area contributed by atoms with E-state index in [-0.39, 0.29) is 0 Å². The molecule has 0 aromatic carbocycles. The molecule has 1 heteroatoms. The largest absolute Gasteiger partial charge is 0.396 e. The van der Waals surface area contributed by atoms with Gasteiger partial charge in [0.15, 0.2) is 0 Å². The molecule has 1 fully saturated rings. The molecule has 1 rings (SSSR count). The van der Waals surface area contributed by atoms with Crippen LogP contribution in [0.3, 0.4) is 0 Å². The van der Waals surface area contributed by atoms with Crippen LogP contribution >= 0.6 is 0 Å². The summed E-state index contributed by atoms with van der Waals surface area (Å²) in [5.74, 6) is 1.56. The van der Waals surface area contributed by atoms with Crippen molar-refractivity contribution in [3.63, 3.8) is 0 Å². The van der Waals surface area contributed by atoms with Gasteiger partial charge in [-0.05, 0) is 18.3 Å². The van der Waals surface area contributed by atoms with Gasteiger partial charge in [-0.15, -0.1) is 0 Å². The predicted octanol–water partition coefficient (Wildman–Crippen LogP) is 2.20. The standard InChI is InChI=1S/C9H18O/c1-2-3-4-5-8-6-9(8)7-10/h8-10H,2-7H2,1H3/t8?,9-/m1/s1. The van der Waals surface area contributed by atoms with Crippen LogP contribution in [0.2, 0.25) is 0 Å². The van der Waals surface area contributed by atoms with Crippen molar-refractivity contribution in [1.82, 2.24) is 0 Å². The fraction of sp³-hybridized carbons (Fsp3) is 1.00. The van der Waals surface area contributed by atoms with Crippen molar-refractivity contribution in [2.75, 3.05) is 6.61 Å². The molecule has 1 aliphatic rings. The molecule has 60 valence electrons. The maximum atomic E-state index is 8.73. The first-order valence-electron chi connectivity index (χ1n) is 4.49. The van der Waals surface area contributed by atoms with Crippen molar-refractivity contribution in [3.8, 4) is 0 Å². The first kappa shape index (κ1) is 8.06. The zero-order valence-corrected chi connectivity index (χ0v) is 6.84. The van der Waals surface area contributed by atoms with Crippen molar-refractivity contribution in [2.24, 2.45) is 11.8 Å². The number of hydrogen-bond donors (Lipinski definition) is 1. The number of hydrogen-bond acceptors (Lipinski definition) is 1. The molecule has 2 atom stereocenters. The number of rotatable bonds is 5. The van der Waals surface area contributed by atoms with Gasteiger partial charge >= 0.3 is 0 Å². The summed E-state index contributed by atoms with van der Waals surface area (Å²) >= 11 is 0. The first-order valence-corrected chi connectivity index (χ1v) is 4.49. The Bertz CT molecular complexity index is 90.7. The summed E-state index contributed by atoms with van der Waals surface area (Å²) in [6, 6.07) is 0. The minimum absolute atomic E-state index is 0.427. The average molecular weight is 142 g/mol. The molecule has 1 N–H and O–H groups in total. The highest BCUT2D eigenvalue weighted by Crippen LogP contribution is 2.41. The normalized spacial score (nSPS) is 30.6. The van der Waals surface area contributed by atoms with Crippen LogP contribution in [0.5, 0.6) is 0 Å². The van der Waals surface area contributed by atoms with E-state index in [1.165, 1.54) is 32.1 Å². The number of aliphatic hydroxyl groups excluding tert-OH is 1. The molecule has 0 aromatic rings. The molecule has 0 radical (unpaired) electrons. The van der Waals surface area contributed by atoms with Gasteiger partial charge in [0, 0.05) is 6.61 Å². The molecular weight excluding hydrogens is 124 g/mol. The molecule has 10 heavy (non-hydrogen) atoms. The highest BCUT2D eigenvalue weighted by molar-refractivity contribution is 4.84. The van der Waals surface area contributed by atoms with Gasteiger partial charge in [0.1, 0.15) is 0 Å². The van der Waals surface area contributed by atoms with E-state index in [0.717, 1.165) is 5.92 Å². The summed E-state index contributed by atoms with van der Waals surface area (Å²) < 4.78 is 0. The zero-order chi connectivity index (χ0) is 7.40. The van der Waals surface area contributed by atoms with Crippen LogP contribution in [0.15, 0.2) is 0 Å². The lowest BCUT2D eigenvalue weighted by Gasteiger charge is -1.95. The third kappa shape index (κ3) is 2.30. The van der Waals surface area contributed by atoms with E-state index in [0.29, 0.717) is 12.5 Å². The highest BCUT2D eigenvalue weighted by atomic mass is 16.3. The van der Waals surface area contributed by atoms with E-state index < -0.39 is 0 Å². The van der Waals surface area contributed by atoms with E-state index in [4.69, 9.17) is 5.11 Å². The lowest BCUT2D eigenvalue weighted by Crippen LogP contribution is -1.88. The minimum Gasteiger partial charge on any atom is -0.396 e. The predicted molar refractivity (Wildman–Crippen MR) is 42.8 cm³/mol. The van der Waals surface area contributed by atoms with Gasteiger partial charge in [0.2, 0.25) is 0 Å². The van der Waals surface area contributed by atoms with E-state index in [1.807, 2.05) is 0 Å². The summed E-state index contributed by atoms with van der Waals surface area (Å²) in [4.78, 5) is 0. The Morgan fingerprint density at radius 2 is 2.10 bits per heavy atom. The maximum absolute atomic E-state index is 8.73. The van der Waals surface area contributed by atoms with Gasteiger partial charge in [-0.1, -0.05) is 32.6 Å². The van der Waals surface area contributed by atoms with Crippen molar-refractivity contribution >= 4 is 0 Å². The van der Waals surface area contributed by atoms with Gasteiger partial charge in [-0.2, -0.15) is 0 Å². The van der Waals surface area contributed by atoms with Crippen molar-refractivity contribution in [3.05, 3.63) is 0 Å². The van der Waals surface area contributed by atoms with Crippen molar-refractivity contribution in [2.45, 2.75) is 39.0 Å². The van der Waals surface area contributed by atoms with Gasteiger partial charge in [0.05, 0.1) is 0 Å². The van der Waals surface area contributed by atoms with Crippen LogP contribution in [0.25, 0.3) is 0 Å². The molecular formula is C9H18O. The highest BCUT2D eigenvalue weighted by Gasteiger charge is 2.34.